The van der Waals surface area contributed by atoms with E-state index in [1.54, 1.807) is 11.9 Å². The van der Waals surface area contributed by atoms with E-state index in [1.807, 2.05) is 0 Å². The van der Waals surface area contributed by atoms with Crippen LogP contribution in [0.3, 0.4) is 0 Å². The first kappa shape index (κ1) is 26.7. The van der Waals surface area contributed by atoms with Crippen LogP contribution in [0.15, 0.2) is 0 Å². The molecule has 0 aliphatic rings. The number of ether oxygens (including phenoxy) is 1. The summed E-state index contributed by atoms with van der Waals surface area (Å²) in [6.07, 6.45) is 21.0. The molecule has 0 fully saturated rings. The third-order valence-corrected chi connectivity index (χ3v) is 5.26. The van der Waals surface area contributed by atoms with Gasteiger partial charge in [0.25, 0.3) is 5.91 Å². The summed E-state index contributed by atoms with van der Waals surface area (Å²) in [7, 11) is 3.24. The van der Waals surface area contributed by atoms with E-state index in [0.29, 0.717) is 6.54 Å². The van der Waals surface area contributed by atoms with E-state index < -0.39 is 6.09 Å². The van der Waals surface area contributed by atoms with Gasteiger partial charge in [0.2, 0.25) is 0 Å². The van der Waals surface area contributed by atoms with Crippen molar-refractivity contribution >= 4 is 12.0 Å². The number of hydrogen-bond donors (Lipinski definition) is 1. The van der Waals surface area contributed by atoms with Crippen molar-refractivity contribution in [3.63, 3.8) is 0 Å². The molecule has 0 aromatic rings. The van der Waals surface area contributed by atoms with E-state index in [4.69, 9.17) is 4.74 Å². The van der Waals surface area contributed by atoms with Crippen molar-refractivity contribution < 1.29 is 14.3 Å². The fourth-order valence-electron chi connectivity index (χ4n) is 3.30. The van der Waals surface area contributed by atoms with Gasteiger partial charge in [0.15, 0.2) is 6.61 Å². The van der Waals surface area contributed by atoms with E-state index in [0.717, 1.165) is 12.8 Å². The first-order valence-electron chi connectivity index (χ1n) is 11.7. The Kier molecular flexibility index (Phi) is 19.6. The molecule has 0 saturated heterocycles. The van der Waals surface area contributed by atoms with Crippen LogP contribution < -0.4 is 5.32 Å². The number of amides is 2. The van der Waals surface area contributed by atoms with Crippen LogP contribution >= 0.6 is 0 Å². The molecule has 0 atom stereocenters. The molecule has 0 saturated carbocycles. The largest absolute Gasteiger partial charge is 0.439 e. The van der Waals surface area contributed by atoms with Gasteiger partial charge in [0.05, 0.1) is 0 Å². The number of unbranched alkanes of at least 4 members (excludes halogenated alkanes) is 15. The van der Waals surface area contributed by atoms with Gasteiger partial charge in [-0.2, -0.15) is 0 Å². The summed E-state index contributed by atoms with van der Waals surface area (Å²) in [5.74, 6) is -0.288. The maximum Gasteiger partial charge on any atom is 0.410 e. The summed E-state index contributed by atoms with van der Waals surface area (Å²) in [6, 6.07) is 0. The number of rotatable bonds is 19. The second-order valence-corrected chi connectivity index (χ2v) is 7.95. The molecule has 0 heterocycles. The number of hydrogen-bond acceptors (Lipinski definition) is 3. The second-order valence-electron chi connectivity index (χ2n) is 7.95. The smallest absolute Gasteiger partial charge is 0.410 e. The van der Waals surface area contributed by atoms with E-state index >= 15 is 0 Å². The molecule has 0 radical (unpaired) electrons. The lowest BCUT2D eigenvalue weighted by atomic mass is 10.0. The van der Waals surface area contributed by atoms with Gasteiger partial charge in [-0.3, -0.25) is 4.79 Å². The van der Waals surface area contributed by atoms with Crippen molar-refractivity contribution in [3.05, 3.63) is 0 Å². The molecule has 0 aliphatic heterocycles. The molecule has 5 nitrogen and oxygen atoms in total. The van der Waals surface area contributed by atoms with Crippen molar-refractivity contribution in [1.82, 2.24) is 10.2 Å². The van der Waals surface area contributed by atoms with Crippen molar-refractivity contribution in [2.75, 3.05) is 27.2 Å². The second kappa shape index (κ2) is 20.5. The van der Waals surface area contributed by atoms with Crippen LogP contribution in [0.4, 0.5) is 4.79 Å². The highest BCUT2D eigenvalue weighted by Gasteiger charge is 2.11. The number of nitrogens with zero attached hydrogens (tertiary/aromatic N) is 1. The molecular formula is C23H46N2O3. The van der Waals surface area contributed by atoms with Gasteiger partial charge in [-0.15, -0.1) is 0 Å². The van der Waals surface area contributed by atoms with Crippen LogP contribution in [0, 0.1) is 0 Å². The summed E-state index contributed by atoms with van der Waals surface area (Å²) in [6.45, 7) is 2.75. The zero-order valence-electron chi connectivity index (χ0n) is 18.9. The lowest BCUT2D eigenvalue weighted by Crippen LogP contribution is -2.32. The average molecular weight is 399 g/mol. The Bertz CT molecular complexity index is 375. The highest BCUT2D eigenvalue weighted by Crippen LogP contribution is 2.13. The van der Waals surface area contributed by atoms with Gasteiger partial charge in [-0.25, -0.2) is 4.79 Å². The van der Waals surface area contributed by atoms with Gasteiger partial charge in [0.1, 0.15) is 0 Å². The highest BCUT2D eigenvalue weighted by molar-refractivity contribution is 5.79. The Labute approximate surface area is 174 Å². The molecule has 0 unspecified atom stereocenters. The molecule has 0 rings (SSSR count). The number of nitrogens with one attached hydrogen (secondary N) is 1. The van der Waals surface area contributed by atoms with Gasteiger partial charge < -0.3 is 15.0 Å². The number of carbonyl (C=O) groups is 2. The zero-order chi connectivity index (χ0) is 20.9. The Balaban J connectivity index is 3.26. The van der Waals surface area contributed by atoms with Gasteiger partial charge in [0, 0.05) is 20.6 Å². The lowest BCUT2D eigenvalue weighted by molar-refractivity contribution is -0.123. The first-order valence-corrected chi connectivity index (χ1v) is 11.7. The Morgan fingerprint density at radius 3 is 1.50 bits per heavy atom. The summed E-state index contributed by atoms with van der Waals surface area (Å²) in [4.78, 5) is 24.3. The van der Waals surface area contributed by atoms with Crippen molar-refractivity contribution in [1.29, 1.82) is 0 Å². The van der Waals surface area contributed by atoms with Crippen LogP contribution in [0.2, 0.25) is 0 Å². The third-order valence-electron chi connectivity index (χ3n) is 5.26. The monoisotopic (exact) mass is 398 g/mol. The minimum Gasteiger partial charge on any atom is -0.439 e. The highest BCUT2D eigenvalue weighted by atomic mass is 16.6. The predicted octanol–water partition coefficient (Wildman–Crippen LogP) is 6.06. The van der Waals surface area contributed by atoms with E-state index in [2.05, 4.69) is 12.2 Å². The molecule has 0 spiro atoms. The molecular weight excluding hydrogens is 352 g/mol. The standard InChI is InChI=1S/C23H46N2O3/c1-4-5-6-7-8-9-10-11-12-13-14-15-16-17-18-19-20-25(3)23(27)28-21-22(26)24-2/h4-21H2,1-3H3,(H,24,26). The molecule has 0 bridgehead atoms. The lowest BCUT2D eigenvalue weighted by Gasteiger charge is -2.16. The maximum absolute atomic E-state index is 11.7. The third kappa shape index (κ3) is 18.1. The molecule has 166 valence electrons. The van der Waals surface area contributed by atoms with Crippen LogP contribution in [0.1, 0.15) is 110 Å². The minimum atomic E-state index is -0.426. The Hall–Kier alpha value is -1.26. The fraction of sp³-hybridized carbons (Fsp3) is 0.913. The normalized spacial score (nSPS) is 10.7. The molecule has 0 aromatic carbocycles. The Morgan fingerprint density at radius 1 is 0.714 bits per heavy atom. The van der Waals surface area contributed by atoms with Crippen LogP contribution in [-0.2, 0) is 9.53 Å². The first-order chi connectivity index (χ1) is 13.6. The predicted molar refractivity (Wildman–Crippen MR) is 118 cm³/mol. The van der Waals surface area contributed by atoms with E-state index in [9.17, 15) is 9.59 Å². The van der Waals surface area contributed by atoms with Crippen molar-refractivity contribution in [2.24, 2.45) is 0 Å². The molecule has 0 aliphatic carbocycles. The van der Waals surface area contributed by atoms with Crippen LogP contribution in [0.5, 0.6) is 0 Å². The molecule has 1 N–H and O–H groups in total. The molecule has 5 heteroatoms. The summed E-state index contributed by atoms with van der Waals surface area (Å²) >= 11 is 0. The summed E-state index contributed by atoms with van der Waals surface area (Å²) in [5.41, 5.74) is 0. The zero-order valence-corrected chi connectivity index (χ0v) is 18.9. The molecule has 28 heavy (non-hydrogen) atoms. The van der Waals surface area contributed by atoms with Gasteiger partial charge in [-0.05, 0) is 6.42 Å². The molecule has 0 aromatic heterocycles. The van der Waals surface area contributed by atoms with E-state index in [1.165, 1.54) is 96.9 Å². The number of carbonyl (C=O) groups excluding carboxylic acids is 2. The minimum absolute atomic E-state index is 0.210. The van der Waals surface area contributed by atoms with Crippen molar-refractivity contribution in [3.8, 4) is 0 Å². The quantitative estimate of drug-likeness (QED) is 0.269. The summed E-state index contributed by atoms with van der Waals surface area (Å²) in [5, 5.41) is 2.43. The topological polar surface area (TPSA) is 58.6 Å². The van der Waals surface area contributed by atoms with Gasteiger partial charge in [-0.1, -0.05) is 103 Å². The number of likely N-dealkylation sites (N-methyl/N-ethyl adjacent to an activating group) is 1. The van der Waals surface area contributed by atoms with E-state index in [-0.39, 0.29) is 12.5 Å². The molecule has 2 amide bonds. The van der Waals surface area contributed by atoms with Crippen LogP contribution in [0.25, 0.3) is 0 Å². The fourth-order valence-corrected chi connectivity index (χ4v) is 3.30. The SMILES string of the molecule is CCCCCCCCCCCCCCCCCCN(C)C(=O)OCC(=O)NC. The van der Waals surface area contributed by atoms with Crippen molar-refractivity contribution in [2.45, 2.75) is 110 Å². The van der Waals surface area contributed by atoms with Crippen LogP contribution in [-0.4, -0.2) is 44.1 Å². The average Bonchev–Trinajstić information content (AvgIpc) is 2.71. The summed E-state index contributed by atoms with van der Waals surface area (Å²) < 4.78 is 4.91. The Morgan fingerprint density at radius 2 is 1.11 bits per heavy atom. The van der Waals surface area contributed by atoms with Gasteiger partial charge >= 0.3 is 6.09 Å². The maximum atomic E-state index is 11.7.